The van der Waals surface area contributed by atoms with Crippen molar-refractivity contribution in [3.8, 4) is 0 Å². The van der Waals surface area contributed by atoms with Gasteiger partial charge in [0.15, 0.2) is 4.80 Å². The Morgan fingerprint density at radius 3 is 2.73 bits per heavy atom. The fourth-order valence-corrected chi connectivity index (χ4v) is 4.83. The number of thiazole rings is 1. The minimum Gasteiger partial charge on any atom is -0.465 e. The molecule has 8 heteroatoms. The molecule has 3 aromatic rings. The normalized spacial score (nSPS) is 16.4. The largest absolute Gasteiger partial charge is 0.465 e. The molecule has 0 amide bonds. The number of hydrogen-bond donors (Lipinski definition) is 0. The number of carbonyl (C=O) groups is 1. The van der Waals surface area contributed by atoms with Gasteiger partial charge in [-0.25, -0.2) is 9.79 Å². The van der Waals surface area contributed by atoms with Gasteiger partial charge in [-0.2, -0.15) is 0 Å². The van der Waals surface area contributed by atoms with Crippen molar-refractivity contribution in [2.75, 3.05) is 12.9 Å². The first kappa shape index (κ1) is 20.4. The third-order valence-corrected chi connectivity index (χ3v) is 6.49. The van der Waals surface area contributed by atoms with Gasteiger partial charge in [0.2, 0.25) is 0 Å². The predicted molar refractivity (Wildman–Crippen MR) is 117 cm³/mol. The van der Waals surface area contributed by atoms with Crippen LogP contribution in [0.5, 0.6) is 0 Å². The van der Waals surface area contributed by atoms with Gasteiger partial charge in [-0.15, -0.1) is 11.8 Å². The van der Waals surface area contributed by atoms with Crippen LogP contribution in [0.4, 0.5) is 0 Å². The highest BCUT2D eigenvalue weighted by atomic mass is 32.2. The van der Waals surface area contributed by atoms with Crippen molar-refractivity contribution in [1.82, 2.24) is 4.57 Å². The van der Waals surface area contributed by atoms with E-state index in [0.29, 0.717) is 26.4 Å². The van der Waals surface area contributed by atoms with Gasteiger partial charge < -0.3 is 9.15 Å². The molecule has 4 rings (SSSR count). The number of fused-ring (bicyclic) bond motifs is 1. The lowest BCUT2D eigenvalue weighted by Crippen LogP contribution is -2.39. The Bertz CT molecular complexity index is 1280. The summed E-state index contributed by atoms with van der Waals surface area (Å²) in [6, 6.07) is 10.8. The van der Waals surface area contributed by atoms with Gasteiger partial charge in [0, 0.05) is 11.0 Å². The van der Waals surface area contributed by atoms with Gasteiger partial charge >= 0.3 is 5.97 Å². The molecule has 6 nitrogen and oxygen atoms in total. The summed E-state index contributed by atoms with van der Waals surface area (Å²) >= 11 is 2.91. The smallest absolute Gasteiger partial charge is 0.338 e. The molecule has 0 bridgehead atoms. The molecule has 3 heterocycles. The molecule has 0 spiro atoms. The molecule has 154 valence electrons. The lowest BCUT2D eigenvalue weighted by Gasteiger charge is -2.24. The van der Waals surface area contributed by atoms with E-state index in [2.05, 4.69) is 4.99 Å². The van der Waals surface area contributed by atoms with Crippen LogP contribution < -0.4 is 14.9 Å². The number of thioether (sulfide) groups is 1. The SMILES string of the molecule is CCOC(=O)C1=C(C)N=c2sc(=Cc3ccco3)c(=O)n2C1c1ccc(SC)cc1. The number of aromatic nitrogens is 1. The molecular formula is C22H20N2O4S2. The molecule has 1 atom stereocenters. The topological polar surface area (TPSA) is 73.8 Å². The minimum absolute atomic E-state index is 0.219. The number of rotatable bonds is 5. The van der Waals surface area contributed by atoms with Crippen molar-refractivity contribution in [2.24, 2.45) is 4.99 Å². The number of esters is 1. The number of allylic oxidation sites excluding steroid dienone is 1. The Kier molecular flexibility index (Phi) is 5.78. The quantitative estimate of drug-likeness (QED) is 0.450. The zero-order valence-corrected chi connectivity index (χ0v) is 18.4. The van der Waals surface area contributed by atoms with Crippen molar-refractivity contribution >= 4 is 35.1 Å². The van der Waals surface area contributed by atoms with Crippen LogP contribution >= 0.6 is 23.1 Å². The first-order valence-corrected chi connectivity index (χ1v) is 11.4. The van der Waals surface area contributed by atoms with Gasteiger partial charge in [-0.05, 0) is 49.9 Å². The molecular weight excluding hydrogens is 420 g/mol. The Morgan fingerprint density at radius 2 is 2.10 bits per heavy atom. The lowest BCUT2D eigenvalue weighted by atomic mass is 9.96. The minimum atomic E-state index is -0.602. The highest BCUT2D eigenvalue weighted by molar-refractivity contribution is 7.98. The van der Waals surface area contributed by atoms with E-state index in [4.69, 9.17) is 9.15 Å². The number of carbonyl (C=O) groups excluding carboxylic acids is 1. The predicted octanol–water partition coefficient (Wildman–Crippen LogP) is 3.11. The van der Waals surface area contributed by atoms with Crippen molar-refractivity contribution in [3.63, 3.8) is 0 Å². The van der Waals surface area contributed by atoms with Gasteiger partial charge in [-0.3, -0.25) is 9.36 Å². The zero-order valence-electron chi connectivity index (χ0n) is 16.7. The number of furan rings is 1. The summed E-state index contributed by atoms with van der Waals surface area (Å²) in [5, 5.41) is 0. The fourth-order valence-electron chi connectivity index (χ4n) is 3.40. The van der Waals surface area contributed by atoms with Gasteiger partial charge in [0.1, 0.15) is 5.76 Å². The molecule has 0 fully saturated rings. The highest BCUT2D eigenvalue weighted by Gasteiger charge is 2.33. The van der Waals surface area contributed by atoms with Crippen LogP contribution in [0.3, 0.4) is 0 Å². The molecule has 30 heavy (non-hydrogen) atoms. The maximum absolute atomic E-state index is 13.3. The summed E-state index contributed by atoms with van der Waals surface area (Å²) in [5.74, 6) is 0.125. The van der Waals surface area contributed by atoms with Crippen LogP contribution in [0.2, 0.25) is 0 Å². The van der Waals surface area contributed by atoms with E-state index in [1.54, 1.807) is 54.6 Å². The molecule has 0 aliphatic carbocycles. The van der Waals surface area contributed by atoms with E-state index < -0.39 is 12.0 Å². The maximum atomic E-state index is 13.3. The van der Waals surface area contributed by atoms with E-state index in [-0.39, 0.29) is 12.2 Å². The summed E-state index contributed by atoms with van der Waals surface area (Å²) in [6.45, 7) is 3.78. The number of nitrogens with zero attached hydrogens (tertiary/aromatic N) is 2. The van der Waals surface area contributed by atoms with E-state index in [1.165, 1.54) is 11.3 Å². The third-order valence-electron chi connectivity index (χ3n) is 4.77. The Labute approximate surface area is 181 Å². The van der Waals surface area contributed by atoms with Crippen molar-refractivity contribution in [3.05, 3.63) is 84.9 Å². The van der Waals surface area contributed by atoms with Crippen LogP contribution in [0.25, 0.3) is 6.08 Å². The molecule has 1 aromatic carbocycles. The van der Waals surface area contributed by atoms with Gasteiger partial charge in [0.25, 0.3) is 5.56 Å². The van der Waals surface area contributed by atoms with Crippen LogP contribution in [-0.4, -0.2) is 23.4 Å². The molecule has 1 aliphatic heterocycles. The first-order valence-electron chi connectivity index (χ1n) is 9.40. The van der Waals surface area contributed by atoms with Crippen LogP contribution in [0.1, 0.15) is 31.2 Å². The Morgan fingerprint density at radius 1 is 1.33 bits per heavy atom. The van der Waals surface area contributed by atoms with Crippen molar-refractivity contribution in [2.45, 2.75) is 24.8 Å². The van der Waals surface area contributed by atoms with Crippen molar-refractivity contribution in [1.29, 1.82) is 0 Å². The average molecular weight is 441 g/mol. The van der Waals surface area contributed by atoms with Gasteiger partial charge in [-0.1, -0.05) is 23.5 Å². The molecule has 0 saturated heterocycles. The van der Waals surface area contributed by atoms with E-state index in [9.17, 15) is 9.59 Å². The number of benzene rings is 1. The summed E-state index contributed by atoms with van der Waals surface area (Å²) in [5.41, 5.74) is 1.54. The fraction of sp³-hybridized carbons (Fsp3) is 0.227. The second kappa shape index (κ2) is 8.49. The van der Waals surface area contributed by atoms with E-state index >= 15 is 0 Å². The van der Waals surface area contributed by atoms with Crippen LogP contribution in [0, 0.1) is 0 Å². The molecule has 2 aromatic heterocycles. The average Bonchev–Trinajstić information content (AvgIpc) is 3.36. The zero-order chi connectivity index (χ0) is 21.3. The Hall–Kier alpha value is -2.84. The summed E-state index contributed by atoms with van der Waals surface area (Å²) in [7, 11) is 0. The lowest BCUT2D eigenvalue weighted by molar-refractivity contribution is -0.139. The van der Waals surface area contributed by atoms with E-state index in [1.807, 2.05) is 30.5 Å². The summed E-state index contributed by atoms with van der Waals surface area (Å²) in [6.07, 6.45) is 5.25. The van der Waals surface area contributed by atoms with Gasteiger partial charge in [0.05, 0.1) is 34.7 Å². The molecule has 0 saturated carbocycles. The molecule has 1 aliphatic rings. The third kappa shape index (κ3) is 3.68. The number of hydrogen-bond acceptors (Lipinski definition) is 7. The van der Waals surface area contributed by atoms with Crippen LogP contribution in [0.15, 0.2) is 73.0 Å². The summed E-state index contributed by atoms with van der Waals surface area (Å²) < 4.78 is 12.7. The van der Waals surface area contributed by atoms with Crippen molar-refractivity contribution < 1.29 is 13.9 Å². The standard InChI is InChI=1S/C22H20N2O4S2/c1-4-27-21(26)18-13(2)23-22-24(19(18)14-7-9-16(29-3)10-8-14)20(25)17(30-22)12-15-6-5-11-28-15/h5-12,19H,4H2,1-3H3. The highest BCUT2D eigenvalue weighted by Crippen LogP contribution is 2.31. The summed E-state index contributed by atoms with van der Waals surface area (Å²) in [4.78, 5) is 32.4. The van der Waals surface area contributed by atoms with E-state index in [0.717, 1.165) is 10.5 Å². The second-order valence-corrected chi connectivity index (χ2v) is 8.48. The molecule has 0 N–H and O–H groups in total. The first-order chi connectivity index (χ1) is 14.5. The second-order valence-electron chi connectivity index (χ2n) is 6.59. The number of ether oxygens (including phenoxy) is 1. The van der Waals surface area contributed by atoms with Crippen LogP contribution in [-0.2, 0) is 9.53 Å². The monoisotopic (exact) mass is 440 g/mol. The molecule has 1 unspecified atom stereocenters. The maximum Gasteiger partial charge on any atom is 0.338 e. The molecule has 0 radical (unpaired) electrons. The Balaban J connectivity index is 1.95.